The van der Waals surface area contributed by atoms with Gasteiger partial charge in [-0.15, -0.1) is 0 Å². The highest BCUT2D eigenvalue weighted by Crippen LogP contribution is 2.56. The fourth-order valence-corrected chi connectivity index (χ4v) is 6.08. The van der Waals surface area contributed by atoms with Crippen molar-refractivity contribution < 1.29 is 0 Å². The summed E-state index contributed by atoms with van der Waals surface area (Å²) in [6, 6.07) is 9.19. The van der Waals surface area contributed by atoms with Crippen molar-refractivity contribution in [1.29, 1.82) is 0 Å². The normalized spacial score (nSPS) is 19.6. The molecular formula is C18H29NS. The Kier molecular flexibility index (Phi) is 4.85. The SMILES string of the molecule is C=C(C(C)C)N(C)c1cccc(S2(C)CCCCC2)c1. The molecule has 0 atom stereocenters. The Balaban J connectivity index is 2.25. The lowest BCUT2D eigenvalue weighted by Crippen LogP contribution is -2.20. The molecule has 0 saturated carbocycles. The molecule has 1 aliphatic heterocycles. The second kappa shape index (κ2) is 6.26. The maximum atomic E-state index is 4.22. The van der Waals surface area contributed by atoms with Crippen LogP contribution in [0.3, 0.4) is 0 Å². The Morgan fingerprint density at radius 1 is 1.20 bits per heavy atom. The minimum absolute atomic E-state index is 0.487. The first kappa shape index (κ1) is 15.5. The zero-order valence-corrected chi connectivity index (χ0v) is 14.3. The summed E-state index contributed by atoms with van der Waals surface area (Å²) in [5, 5.41) is 0. The van der Waals surface area contributed by atoms with Gasteiger partial charge < -0.3 is 4.90 Å². The van der Waals surface area contributed by atoms with Gasteiger partial charge in [0.1, 0.15) is 0 Å². The fourth-order valence-electron chi connectivity index (χ4n) is 2.91. The molecule has 0 aromatic heterocycles. The number of anilines is 1. The van der Waals surface area contributed by atoms with Crippen LogP contribution in [0.2, 0.25) is 0 Å². The van der Waals surface area contributed by atoms with Gasteiger partial charge in [0.05, 0.1) is 0 Å². The third-order valence-corrected chi connectivity index (χ3v) is 8.33. The molecule has 1 aliphatic rings. The molecule has 2 heteroatoms. The van der Waals surface area contributed by atoms with E-state index in [1.807, 2.05) is 0 Å². The van der Waals surface area contributed by atoms with Crippen LogP contribution in [0.5, 0.6) is 0 Å². The molecule has 0 spiro atoms. The largest absolute Gasteiger partial charge is 0.348 e. The predicted molar refractivity (Wildman–Crippen MR) is 94.2 cm³/mol. The second-order valence-corrected chi connectivity index (χ2v) is 10.3. The highest BCUT2D eigenvalue weighted by molar-refractivity contribution is 8.33. The lowest BCUT2D eigenvalue weighted by Gasteiger charge is -2.40. The van der Waals surface area contributed by atoms with Gasteiger partial charge in [0.2, 0.25) is 0 Å². The van der Waals surface area contributed by atoms with Gasteiger partial charge in [0.15, 0.2) is 0 Å². The summed E-state index contributed by atoms with van der Waals surface area (Å²) in [6.45, 7) is 8.63. The van der Waals surface area contributed by atoms with Crippen molar-refractivity contribution in [1.82, 2.24) is 0 Å². The minimum Gasteiger partial charge on any atom is -0.348 e. The van der Waals surface area contributed by atoms with E-state index in [0.29, 0.717) is 5.92 Å². The van der Waals surface area contributed by atoms with Crippen LogP contribution in [-0.4, -0.2) is 24.8 Å². The highest BCUT2D eigenvalue weighted by atomic mass is 32.3. The van der Waals surface area contributed by atoms with Crippen LogP contribution in [0.25, 0.3) is 0 Å². The highest BCUT2D eigenvalue weighted by Gasteiger charge is 2.24. The Labute approximate surface area is 126 Å². The number of rotatable bonds is 4. The van der Waals surface area contributed by atoms with Gasteiger partial charge in [-0.3, -0.25) is 0 Å². The minimum atomic E-state index is -0.577. The number of allylic oxidation sites excluding steroid dienone is 1. The number of hydrogen-bond acceptors (Lipinski definition) is 1. The van der Waals surface area contributed by atoms with Crippen molar-refractivity contribution in [3.05, 3.63) is 36.5 Å². The van der Waals surface area contributed by atoms with E-state index >= 15 is 0 Å². The number of benzene rings is 1. The first-order chi connectivity index (χ1) is 9.44. The summed E-state index contributed by atoms with van der Waals surface area (Å²) in [4.78, 5) is 3.83. The smallest absolute Gasteiger partial charge is 0.0416 e. The Hall–Kier alpha value is -0.890. The lowest BCUT2D eigenvalue weighted by atomic mass is 10.1. The monoisotopic (exact) mass is 291 g/mol. The van der Waals surface area contributed by atoms with E-state index in [1.54, 1.807) is 4.90 Å². The molecule has 0 radical (unpaired) electrons. The van der Waals surface area contributed by atoms with Crippen LogP contribution in [0.1, 0.15) is 33.1 Å². The first-order valence-corrected chi connectivity index (χ1v) is 10.1. The lowest BCUT2D eigenvalue weighted by molar-refractivity contribution is 0.738. The maximum absolute atomic E-state index is 4.22. The molecule has 20 heavy (non-hydrogen) atoms. The summed E-state index contributed by atoms with van der Waals surface area (Å²) >= 11 is 0. The van der Waals surface area contributed by atoms with Gasteiger partial charge in [0.25, 0.3) is 0 Å². The van der Waals surface area contributed by atoms with Gasteiger partial charge in [0, 0.05) is 18.4 Å². The first-order valence-electron chi connectivity index (χ1n) is 7.70. The summed E-state index contributed by atoms with van der Waals surface area (Å²) in [6.07, 6.45) is 6.75. The molecule has 2 rings (SSSR count). The topological polar surface area (TPSA) is 3.24 Å². The number of hydrogen-bond donors (Lipinski definition) is 0. The van der Waals surface area contributed by atoms with E-state index in [-0.39, 0.29) is 0 Å². The van der Waals surface area contributed by atoms with E-state index in [2.05, 4.69) is 62.9 Å². The fraction of sp³-hybridized carbons (Fsp3) is 0.556. The van der Waals surface area contributed by atoms with Crippen molar-refractivity contribution in [3.8, 4) is 0 Å². The molecule has 0 aliphatic carbocycles. The van der Waals surface area contributed by atoms with Gasteiger partial charge >= 0.3 is 0 Å². The summed E-state index contributed by atoms with van der Waals surface area (Å²) < 4.78 is 0. The quantitative estimate of drug-likeness (QED) is 0.730. The Bertz CT molecular complexity index is 472. The molecule has 0 bridgehead atoms. The molecule has 112 valence electrons. The summed E-state index contributed by atoms with van der Waals surface area (Å²) in [5.41, 5.74) is 2.48. The maximum Gasteiger partial charge on any atom is 0.0416 e. The number of nitrogens with zero attached hydrogens (tertiary/aromatic N) is 1. The second-order valence-electron chi connectivity index (χ2n) is 6.45. The van der Waals surface area contributed by atoms with Crippen LogP contribution in [-0.2, 0) is 0 Å². The molecule has 0 amide bonds. The predicted octanol–water partition coefficient (Wildman–Crippen LogP) is 5.27. The standard InChI is InChI=1S/C18H29NS/c1-15(2)16(3)19(4)17-10-9-11-18(14-17)20(5)12-7-6-8-13-20/h9-11,14-15H,3,6-8,12-13H2,1-2,4-5H3. The Morgan fingerprint density at radius 2 is 1.85 bits per heavy atom. The van der Waals surface area contributed by atoms with Crippen molar-refractivity contribution in [3.63, 3.8) is 0 Å². The van der Waals surface area contributed by atoms with Crippen LogP contribution in [0.15, 0.2) is 41.4 Å². The van der Waals surface area contributed by atoms with E-state index in [4.69, 9.17) is 0 Å². The zero-order valence-electron chi connectivity index (χ0n) is 13.5. The molecule has 1 aromatic carbocycles. The average Bonchev–Trinajstić information content (AvgIpc) is 2.46. The van der Waals surface area contributed by atoms with Crippen molar-refractivity contribution >= 4 is 15.7 Å². The van der Waals surface area contributed by atoms with Crippen LogP contribution in [0, 0.1) is 5.92 Å². The third kappa shape index (κ3) is 3.22. The van der Waals surface area contributed by atoms with E-state index in [1.165, 1.54) is 42.2 Å². The molecular weight excluding hydrogens is 262 g/mol. The van der Waals surface area contributed by atoms with E-state index in [9.17, 15) is 0 Å². The average molecular weight is 292 g/mol. The molecule has 1 aromatic rings. The van der Waals surface area contributed by atoms with Crippen LogP contribution < -0.4 is 4.90 Å². The van der Waals surface area contributed by atoms with Crippen LogP contribution >= 0.6 is 10.0 Å². The molecule has 0 N–H and O–H groups in total. The van der Waals surface area contributed by atoms with E-state index < -0.39 is 10.0 Å². The van der Waals surface area contributed by atoms with Crippen molar-refractivity contribution in [2.45, 2.75) is 38.0 Å². The van der Waals surface area contributed by atoms with Crippen molar-refractivity contribution in [2.24, 2.45) is 5.92 Å². The van der Waals surface area contributed by atoms with Gasteiger partial charge in [-0.25, -0.2) is 10.0 Å². The third-order valence-electron chi connectivity index (χ3n) is 4.56. The Morgan fingerprint density at radius 3 is 2.45 bits per heavy atom. The van der Waals surface area contributed by atoms with Gasteiger partial charge in [-0.1, -0.05) is 32.9 Å². The molecule has 1 saturated heterocycles. The molecule has 1 heterocycles. The molecule has 1 fully saturated rings. The van der Waals surface area contributed by atoms with E-state index in [0.717, 1.165) is 0 Å². The molecule has 0 unspecified atom stereocenters. The summed E-state index contributed by atoms with van der Waals surface area (Å²) in [7, 11) is 1.56. The zero-order chi connectivity index (χ0) is 14.8. The summed E-state index contributed by atoms with van der Waals surface area (Å²) in [5.74, 6) is 3.30. The van der Waals surface area contributed by atoms with Crippen molar-refractivity contribution in [2.75, 3.05) is 29.7 Å². The van der Waals surface area contributed by atoms with Gasteiger partial charge in [-0.2, -0.15) is 0 Å². The molecule has 1 nitrogen and oxygen atoms in total. The van der Waals surface area contributed by atoms with Gasteiger partial charge in [-0.05, 0) is 59.6 Å². The van der Waals surface area contributed by atoms with Crippen LogP contribution in [0.4, 0.5) is 5.69 Å².